The van der Waals surface area contributed by atoms with Crippen molar-refractivity contribution in [1.29, 1.82) is 0 Å². The summed E-state index contributed by atoms with van der Waals surface area (Å²) in [7, 11) is 0. The molecule has 1 aromatic heterocycles. The molecule has 2 aromatic rings. The van der Waals surface area contributed by atoms with Crippen LogP contribution in [0.25, 0.3) is 0 Å². The van der Waals surface area contributed by atoms with Gasteiger partial charge in [-0.2, -0.15) is 0 Å². The molecule has 0 amide bonds. The zero-order chi connectivity index (χ0) is 19.0. The predicted octanol–water partition coefficient (Wildman–Crippen LogP) is 3.58. The van der Waals surface area contributed by atoms with Crippen LogP contribution in [0.15, 0.2) is 41.8 Å². The molecule has 0 N–H and O–H groups in total. The maximum atomic E-state index is 12.9. The number of rotatable bonds is 6. The van der Waals surface area contributed by atoms with Crippen LogP contribution in [0.4, 0.5) is 5.69 Å². The molecule has 3 fully saturated rings. The number of carbonyl (C=O) groups is 2. The number of piperidine rings is 3. The fourth-order valence-electron chi connectivity index (χ4n) is 4.57. The van der Waals surface area contributed by atoms with E-state index in [1.807, 2.05) is 17.5 Å². The molecule has 4 heterocycles. The van der Waals surface area contributed by atoms with Gasteiger partial charge in [0, 0.05) is 30.5 Å². The summed E-state index contributed by atoms with van der Waals surface area (Å²) in [5, 5.41) is 12.7. The van der Waals surface area contributed by atoms with Crippen LogP contribution >= 0.6 is 11.3 Å². The normalized spacial score (nSPS) is 26.7. The number of hydrogen-bond donors (Lipinski definition) is 0. The topological polar surface area (TPSA) is 77.3 Å². The van der Waals surface area contributed by atoms with Gasteiger partial charge < -0.3 is 4.48 Å². The molecule has 0 spiro atoms. The number of benzene rings is 1. The van der Waals surface area contributed by atoms with Crippen molar-refractivity contribution in [2.24, 2.45) is 11.8 Å². The summed E-state index contributed by atoms with van der Waals surface area (Å²) in [6.07, 6.45) is 1.96. The number of carbonyl (C=O) groups excluding carboxylic acids is 2. The van der Waals surface area contributed by atoms with E-state index < -0.39 is 4.92 Å². The van der Waals surface area contributed by atoms with Gasteiger partial charge in [0.2, 0.25) is 5.78 Å². The Balaban J connectivity index is 1.50. The van der Waals surface area contributed by atoms with E-state index in [-0.39, 0.29) is 23.2 Å². The number of ketones is 2. The van der Waals surface area contributed by atoms with E-state index in [0.29, 0.717) is 22.5 Å². The number of nitro groups is 1. The van der Waals surface area contributed by atoms with Crippen LogP contribution in [0.5, 0.6) is 0 Å². The van der Waals surface area contributed by atoms with E-state index in [1.54, 1.807) is 0 Å². The van der Waals surface area contributed by atoms with Gasteiger partial charge in [-0.3, -0.25) is 19.7 Å². The zero-order valence-corrected chi connectivity index (χ0v) is 15.7. The average Bonchev–Trinajstić information content (AvgIpc) is 3.22. The molecule has 3 aliphatic heterocycles. The molecule has 3 aliphatic rings. The summed E-state index contributed by atoms with van der Waals surface area (Å²) in [6, 6.07) is 9.60. The molecule has 1 aromatic carbocycles. The molecule has 5 rings (SSSR count). The van der Waals surface area contributed by atoms with E-state index in [4.69, 9.17) is 0 Å². The highest BCUT2D eigenvalue weighted by Crippen LogP contribution is 2.40. The third-order valence-corrected chi connectivity index (χ3v) is 6.97. The lowest BCUT2D eigenvalue weighted by atomic mass is 9.74. The Kier molecular flexibility index (Phi) is 4.65. The van der Waals surface area contributed by atoms with Gasteiger partial charge in [-0.15, -0.1) is 11.3 Å². The monoisotopic (exact) mass is 385 g/mol. The van der Waals surface area contributed by atoms with Crippen LogP contribution < -0.4 is 0 Å². The van der Waals surface area contributed by atoms with E-state index in [0.717, 1.165) is 37.4 Å². The van der Waals surface area contributed by atoms with Crippen molar-refractivity contribution in [1.82, 2.24) is 0 Å². The van der Waals surface area contributed by atoms with Crippen LogP contribution in [0.2, 0.25) is 0 Å². The lowest BCUT2D eigenvalue weighted by Gasteiger charge is -2.51. The lowest BCUT2D eigenvalue weighted by molar-refractivity contribution is -0.937. The molecule has 2 bridgehead atoms. The maximum Gasteiger partial charge on any atom is 0.269 e. The summed E-state index contributed by atoms with van der Waals surface area (Å²) in [4.78, 5) is 36.8. The molecule has 7 heteroatoms. The number of fused-ring (bicyclic) bond motifs is 3. The molecule has 3 saturated heterocycles. The van der Waals surface area contributed by atoms with Gasteiger partial charge in [-0.1, -0.05) is 6.07 Å². The van der Waals surface area contributed by atoms with Crippen LogP contribution in [0.1, 0.15) is 32.9 Å². The molecule has 0 saturated carbocycles. The molecule has 27 heavy (non-hydrogen) atoms. The Labute approximate surface area is 161 Å². The van der Waals surface area contributed by atoms with Crippen molar-refractivity contribution >= 4 is 28.6 Å². The molecule has 1 atom stereocenters. The number of nitro benzene ring substituents is 1. The quantitative estimate of drug-likeness (QED) is 0.330. The second kappa shape index (κ2) is 6.98. The van der Waals surface area contributed by atoms with Crippen molar-refractivity contribution in [3.05, 3.63) is 62.3 Å². The largest absolute Gasteiger partial charge is 0.316 e. The number of hydrogen-bond acceptors (Lipinski definition) is 5. The highest BCUT2D eigenvalue weighted by Gasteiger charge is 2.49. The van der Waals surface area contributed by atoms with Gasteiger partial charge in [0.1, 0.15) is 6.54 Å². The van der Waals surface area contributed by atoms with Gasteiger partial charge >= 0.3 is 0 Å². The second-order valence-corrected chi connectivity index (χ2v) is 8.59. The SMILES string of the molecule is O=C(C[N+]12CCC(CC1)[C@H](C(=O)c1cccs1)C2)c1ccc([N+](=O)[O-])cc1. The lowest BCUT2D eigenvalue weighted by Crippen LogP contribution is -2.64. The summed E-state index contributed by atoms with van der Waals surface area (Å²) in [5.74, 6) is 0.636. The maximum absolute atomic E-state index is 12.9. The van der Waals surface area contributed by atoms with Crippen molar-refractivity contribution in [3.63, 3.8) is 0 Å². The Morgan fingerprint density at radius 3 is 2.44 bits per heavy atom. The van der Waals surface area contributed by atoms with Gasteiger partial charge in [0.25, 0.3) is 5.69 Å². The minimum Gasteiger partial charge on any atom is -0.316 e. The summed E-state index contributed by atoms with van der Waals surface area (Å²) in [5.41, 5.74) is 0.487. The standard InChI is InChI=1S/C20H21N2O4S/c23-18(15-3-5-16(6-4-15)21(25)26)13-22-9-7-14(8-10-22)17(12-22)20(24)19-2-1-11-27-19/h1-6,11,14,17H,7-10,12-13H2/q+1/t14?,17-,22?/m1/s1. The van der Waals surface area contributed by atoms with Crippen LogP contribution in [0.3, 0.4) is 0 Å². The van der Waals surface area contributed by atoms with Gasteiger partial charge in [0.15, 0.2) is 5.78 Å². The minimum absolute atomic E-state index is 0.00388. The first-order valence-electron chi connectivity index (χ1n) is 9.18. The van der Waals surface area contributed by atoms with E-state index in [1.165, 1.54) is 35.6 Å². The highest BCUT2D eigenvalue weighted by atomic mass is 32.1. The third-order valence-electron chi connectivity index (χ3n) is 6.08. The average molecular weight is 385 g/mol. The Morgan fingerprint density at radius 1 is 1.15 bits per heavy atom. The fraction of sp³-hybridized carbons (Fsp3) is 0.400. The summed E-state index contributed by atoms with van der Waals surface area (Å²) < 4.78 is 0.661. The van der Waals surface area contributed by atoms with Crippen LogP contribution in [0, 0.1) is 22.0 Å². The van der Waals surface area contributed by atoms with Crippen molar-refractivity contribution in [3.8, 4) is 0 Å². The second-order valence-electron chi connectivity index (χ2n) is 7.64. The highest BCUT2D eigenvalue weighted by molar-refractivity contribution is 7.12. The number of non-ortho nitro benzene ring substituents is 1. The Bertz CT molecular complexity index is 868. The van der Waals surface area contributed by atoms with Gasteiger partial charge in [-0.05, 0) is 29.5 Å². The smallest absolute Gasteiger partial charge is 0.269 e. The van der Waals surface area contributed by atoms with Crippen LogP contribution in [-0.2, 0) is 0 Å². The first-order valence-corrected chi connectivity index (χ1v) is 10.1. The van der Waals surface area contributed by atoms with Crippen molar-refractivity contribution < 1.29 is 19.0 Å². The molecule has 0 radical (unpaired) electrons. The number of quaternary nitrogens is 1. The molecule has 140 valence electrons. The number of thiophene rings is 1. The van der Waals surface area contributed by atoms with Gasteiger partial charge in [-0.25, -0.2) is 0 Å². The first kappa shape index (κ1) is 18.0. The summed E-state index contributed by atoms with van der Waals surface area (Å²) in [6.45, 7) is 2.94. The molecule has 6 nitrogen and oxygen atoms in total. The molecule has 0 unspecified atom stereocenters. The van der Waals surface area contributed by atoms with Gasteiger partial charge in [0.05, 0.1) is 35.4 Å². The van der Waals surface area contributed by atoms with Crippen molar-refractivity contribution in [2.75, 3.05) is 26.2 Å². The molecular formula is C20H21N2O4S+. The predicted molar refractivity (Wildman–Crippen MR) is 102 cm³/mol. The fourth-order valence-corrected chi connectivity index (χ4v) is 5.30. The van der Waals surface area contributed by atoms with E-state index in [9.17, 15) is 19.7 Å². The Morgan fingerprint density at radius 2 is 1.85 bits per heavy atom. The van der Waals surface area contributed by atoms with E-state index >= 15 is 0 Å². The van der Waals surface area contributed by atoms with Crippen molar-refractivity contribution in [2.45, 2.75) is 12.8 Å². The third kappa shape index (κ3) is 3.44. The molecular weight excluding hydrogens is 364 g/mol. The zero-order valence-electron chi connectivity index (χ0n) is 14.9. The first-order chi connectivity index (χ1) is 13.0. The number of nitrogens with zero attached hydrogens (tertiary/aromatic N) is 2. The minimum atomic E-state index is -0.466. The molecule has 0 aliphatic carbocycles. The van der Waals surface area contributed by atoms with E-state index in [2.05, 4.69) is 0 Å². The Hall–Kier alpha value is -2.38. The summed E-state index contributed by atoms with van der Waals surface area (Å²) >= 11 is 1.49. The number of Topliss-reactive ketones (excluding diaryl/α,β-unsaturated/α-hetero) is 2. The van der Waals surface area contributed by atoms with Crippen LogP contribution in [-0.4, -0.2) is 47.2 Å².